The van der Waals surface area contributed by atoms with Crippen molar-refractivity contribution in [1.29, 1.82) is 0 Å². The molecule has 0 aliphatic carbocycles. The van der Waals surface area contributed by atoms with Crippen molar-refractivity contribution in [3.8, 4) is 0 Å². The average Bonchev–Trinajstić information content (AvgIpc) is 2.45. The number of nitrogens with zero attached hydrogens (tertiary/aromatic N) is 1. The maximum atomic E-state index is 13.8. The minimum absolute atomic E-state index is 0.0735. The number of sulfonamides is 1. The van der Waals surface area contributed by atoms with E-state index in [4.69, 9.17) is 34.8 Å². The lowest BCUT2D eigenvalue weighted by atomic mass is 10.2. The molecule has 0 unspecified atom stereocenters. The van der Waals surface area contributed by atoms with Crippen molar-refractivity contribution in [3.63, 3.8) is 0 Å². The second-order valence-corrected chi connectivity index (χ2v) is 7.72. The Kier molecular flexibility index (Phi) is 5.35. The van der Waals surface area contributed by atoms with E-state index in [0.29, 0.717) is 0 Å². The molecule has 0 bridgehead atoms. The Morgan fingerprint density at radius 1 is 1.05 bits per heavy atom. The highest BCUT2D eigenvalue weighted by Crippen LogP contribution is 2.31. The smallest absolute Gasteiger partial charge is 0.207 e. The molecule has 0 saturated heterocycles. The van der Waals surface area contributed by atoms with E-state index in [2.05, 4.69) is 0 Å². The Morgan fingerprint density at radius 3 is 2.27 bits per heavy atom. The van der Waals surface area contributed by atoms with E-state index < -0.39 is 15.8 Å². The summed E-state index contributed by atoms with van der Waals surface area (Å²) in [5.41, 5.74) is 0.0911. The highest BCUT2D eigenvalue weighted by atomic mass is 35.5. The molecule has 8 heteroatoms. The lowest BCUT2D eigenvalue weighted by molar-refractivity contribution is 0.456. The van der Waals surface area contributed by atoms with Crippen LogP contribution in [-0.2, 0) is 16.6 Å². The van der Waals surface area contributed by atoms with E-state index in [1.165, 1.54) is 43.4 Å². The molecule has 0 spiro atoms. The standard InChI is InChI=1S/C14H11Cl3FNO2S/c1-19(8-9-10(15)4-2-6-12(9)18)22(20,21)13-7-3-5-11(16)14(13)17/h2-7H,8H2,1H3. The summed E-state index contributed by atoms with van der Waals surface area (Å²) in [5.74, 6) is -0.577. The molecule has 2 rings (SSSR count). The van der Waals surface area contributed by atoms with Crippen LogP contribution in [0.5, 0.6) is 0 Å². The molecule has 0 saturated carbocycles. The molecule has 0 atom stereocenters. The summed E-state index contributed by atoms with van der Waals surface area (Å²) in [6.07, 6.45) is 0. The molecule has 0 aliphatic rings. The highest BCUT2D eigenvalue weighted by Gasteiger charge is 2.26. The van der Waals surface area contributed by atoms with Gasteiger partial charge in [0.15, 0.2) is 0 Å². The maximum Gasteiger partial charge on any atom is 0.244 e. The Morgan fingerprint density at radius 2 is 1.64 bits per heavy atom. The lowest BCUT2D eigenvalue weighted by Crippen LogP contribution is -2.27. The minimum atomic E-state index is -3.93. The Hall–Kier alpha value is -0.850. The second-order valence-electron chi connectivity index (χ2n) is 4.51. The quantitative estimate of drug-likeness (QED) is 0.774. The molecule has 0 aliphatic heterocycles. The zero-order valence-corrected chi connectivity index (χ0v) is 14.4. The Balaban J connectivity index is 2.40. The molecule has 0 aromatic heterocycles. The SMILES string of the molecule is CN(Cc1c(F)cccc1Cl)S(=O)(=O)c1cccc(Cl)c1Cl. The van der Waals surface area contributed by atoms with Crippen LogP contribution in [0.2, 0.25) is 15.1 Å². The number of rotatable bonds is 4. The third kappa shape index (κ3) is 3.39. The third-order valence-corrected chi connectivity index (χ3v) is 6.18. The largest absolute Gasteiger partial charge is 0.244 e. The number of halogens is 4. The van der Waals surface area contributed by atoms with Crippen molar-refractivity contribution in [2.45, 2.75) is 11.4 Å². The minimum Gasteiger partial charge on any atom is -0.207 e. The van der Waals surface area contributed by atoms with Crippen LogP contribution in [-0.4, -0.2) is 19.8 Å². The molecule has 22 heavy (non-hydrogen) atoms. The van der Waals surface area contributed by atoms with Crippen molar-refractivity contribution in [2.75, 3.05) is 7.05 Å². The van der Waals surface area contributed by atoms with Gasteiger partial charge >= 0.3 is 0 Å². The fraction of sp³-hybridized carbons (Fsp3) is 0.143. The van der Waals surface area contributed by atoms with Gasteiger partial charge in [0.25, 0.3) is 0 Å². The summed E-state index contributed by atoms with van der Waals surface area (Å²) in [6, 6.07) is 8.45. The zero-order chi connectivity index (χ0) is 16.5. The van der Waals surface area contributed by atoms with Crippen LogP contribution in [0.25, 0.3) is 0 Å². The number of benzene rings is 2. The molecule has 0 amide bonds. The van der Waals surface area contributed by atoms with Crippen LogP contribution >= 0.6 is 34.8 Å². The van der Waals surface area contributed by atoms with E-state index in [1.54, 1.807) is 0 Å². The van der Waals surface area contributed by atoms with Crippen molar-refractivity contribution in [3.05, 3.63) is 62.8 Å². The van der Waals surface area contributed by atoms with Gasteiger partial charge in [-0.1, -0.05) is 46.9 Å². The molecular formula is C14H11Cl3FNO2S. The molecule has 0 heterocycles. The Bertz CT molecular complexity index is 791. The fourth-order valence-corrected chi connectivity index (χ4v) is 3.94. The highest BCUT2D eigenvalue weighted by molar-refractivity contribution is 7.89. The van der Waals surface area contributed by atoms with Crippen molar-refractivity contribution >= 4 is 44.8 Å². The van der Waals surface area contributed by atoms with Crippen molar-refractivity contribution in [2.24, 2.45) is 0 Å². The average molecular weight is 383 g/mol. The summed E-state index contributed by atoms with van der Waals surface area (Å²) in [4.78, 5) is -0.142. The van der Waals surface area contributed by atoms with Crippen molar-refractivity contribution < 1.29 is 12.8 Å². The summed E-state index contributed by atoms with van der Waals surface area (Å²) >= 11 is 17.7. The van der Waals surface area contributed by atoms with E-state index >= 15 is 0 Å². The van der Waals surface area contributed by atoms with Gasteiger partial charge in [0.1, 0.15) is 10.7 Å². The van der Waals surface area contributed by atoms with Crippen LogP contribution in [0.1, 0.15) is 5.56 Å². The monoisotopic (exact) mass is 381 g/mol. The van der Waals surface area contributed by atoms with Crippen molar-refractivity contribution in [1.82, 2.24) is 4.31 Å². The van der Waals surface area contributed by atoms with Gasteiger partial charge in [-0.2, -0.15) is 4.31 Å². The van der Waals surface area contributed by atoms with Gasteiger partial charge in [0.05, 0.1) is 10.0 Å². The summed E-state index contributed by atoms with van der Waals surface area (Å²) in [7, 11) is -2.62. The first-order chi connectivity index (χ1) is 10.2. The second kappa shape index (κ2) is 6.72. The first kappa shape index (κ1) is 17.5. The summed E-state index contributed by atoms with van der Waals surface area (Å²) in [5, 5.41) is 0.204. The first-order valence-electron chi connectivity index (χ1n) is 6.08. The van der Waals surface area contributed by atoms with Crippen LogP contribution in [0, 0.1) is 5.82 Å². The predicted molar refractivity (Wildman–Crippen MR) is 86.5 cm³/mol. The normalized spacial score (nSPS) is 11.9. The Labute approximate surface area is 143 Å². The molecular weight excluding hydrogens is 372 g/mol. The van der Waals surface area contributed by atoms with E-state index in [-0.39, 0.29) is 32.1 Å². The molecule has 3 nitrogen and oxygen atoms in total. The van der Waals surface area contributed by atoms with Gasteiger partial charge in [-0.25, -0.2) is 12.8 Å². The first-order valence-corrected chi connectivity index (χ1v) is 8.65. The third-order valence-electron chi connectivity index (χ3n) is 3.05. The van der Waals surface area contributed by atoms with Gasteiger partial charge in [0, 0.05) is 24.2 Å². The molecule has 0 N–H and O–H groups in total. The van der Waals surface area contributed by atoms with Gasteiger partial charge in [-0.15, -0.1) is 0 Å². The van der Waals surface area contributed by atoms with E-state index in [0.717, 1.165) is 4.31 Å². The molecule has 2 aromatic carbocycles. The molecule has 0 fully saturated rings. The van der Waals surface area contributed by atoms with Gasteiger partial charge < -0.3 is 0 Å². The van der Waals surface area contributed by atoms with Gasteiger partial charge in [-0.05, 0) is 24.3 Å². The van der Waals surface area contributed by atoms with Crippen LogP contribution in [0.15, 0.2) is 41.3 Å². The van der Waals surface area contributed by atoms with E-state index in [9.17, 15) is 12.8 Å². The maximum absolute atomic E-state index is 13.8. The predicted octanol–water partition coefficient (Wildman–Crippen LogP) is 4.61. The topological polar surface area (TPSA) is 37.4 Å². The number of hydrogen-bond acceptors (Lipinski definition) is 2. The van der Waals surface area contributed by atoms with Crippen LogP contribution in [0.4, 0.5) is 4.39 Å². The van der Waals surface area contributed by atoms with Gasteiger partial charge in [-0.3, -0.25) is 0 Å². The zero-order valence-electron chi connectivity index (χ0n) is 11.4. The molecule has 118 valence electrons. The summed E-state index contributed by atoms with van der Waals surface area (Å²) < 4.78 is 39.9. The number of hydrogen-bond donors (Lipinski definition) is 0. The summed E-state index contributed by atoms with van der Waals surface area (Å²) in [6.45, 7) is -0.226. The molecule has 0 radical (unpaired) electrons. The lowest BCUT2D eigenvalue weighted by Gasteiger charge is -2.19. The van der Waals surface area contributed by atoms with E-state index in [1.807, 2.05) is 0 Å². The van der Waals surface area contributed by atoms with Crippen LogP contribution in [0.3, 0.4) is 0 Å². The fourth-order valence-electron chi connectivity index (χ4n) is 1.84. The van der Waals surface area contributed by atoms with Crippen LogP contribution < -0.4 is 0 Å². The molecule has 2 aromatic rings. The van der Waals surface area contributed by atoms with Gasteiger partial charge in [0.2, 0.25) is 10.0 Å².